The van der Waals surface area contributed by atoms with E-state index in [-0.39, 0.29) is 49.0 Å². The summed E-state index contributed by atoms with van der Waals surface area (Å²) in [5.41, 5.74) is -2.50. The fourth-order valence-electron chi connectivity index (χ4n) is 7.40. The standard InChI is InChI=1S/C28H46N2O8.ClH.H2O/c1-8-17(2)15-21(32)28(36)18(3)16-20(31)22-25(4,5)11-12-27(35,26(22,28)6)37-24(34)29-38-23(33)19-9-13-30(7)14-10-19;;/h8,17-20,22,31,35-36H,1,9-16H2,2-7H3,(H,29,34);1H;1H2/t17-,18+,20+,22+,26-,27+,28-;;/m1../s1. The summed E-state index contributed by atoms with van der Waals surface area (Å²) in [7, 11) is 1.96. The van der Waals surface area contributed by atoms with Crippen molar-refractivity contribution < 1.29 is 44.8 Å². The van der Waals surface area contributed by atoms with Crippen molar-refractivity contribution in [3.8, 4) is 0 Å². The predicted molar refractivity (Wildman–Crippen MR) is 150 cm³/mol. The molecule has 0 spiro atoms. The third-order valence-corrected chi connectivity index (χ3v) is 9.75. The van der Waals surface area contributed by atoms with Crippen LogP contribution in [0.25, 0.3) is 0 Å². The molecule has 1 amide bonds. The number of hydroxylamine groups is 1. The van der Waals surface area contributed by atoms with Gasteiger partial charge in [-0.2, -0.15) is 0 Å². The van der Waals surface area contributed by atoms with Crippen LogP contribution in [-0.2, 0) is 19.2 Å². The molecule has 1 saturated heterocycles. The van der Waals surface area contributed by atoms with Gasteiger partial charge in [0.05, 0.1) is 17.4 Å². The molecule has 0 unspecified atom stereocenters. The van der Waals surface area contributed by atoms with Gasteiger partial charge in [-0.1, -0.05) is 33.8 Å². The molecule has 3 rings (SSSR count). The van der Waals surface area contributed by atoms with Crippen molar-refractivity contribution >= 4 is 30.3 Å². The molecular formula is C28H49ClN2O9. The number of likely N-dealkylation sites (tertiary alicyclic amines) is 1. The Balaban J connectivity index is 0.00000400. The number of hydrogen-bond acceptors (Lipinski definition) is 9. The van der Waals surface area contributed by atoms with Crippen LogP contribution < -0.4 is 5.48 Å². The number of Topliss-reactive ketones (excluding diaryl/α,β-unsaturated/α-hetero) is 1. The van der Waals surface area contributed by atoms with Crippen LogP contribution in [0, 0.1) is 34.5 Å². The summed E-state index contributed by atoms with van der Waals surface area (Å²) in [5, 5.41) is 35.5. The number of ether oxygens (including phenoxy) is 1. The fourth-order valence-corrected chi connectivity index (χ4v) is 7.40. The molecule has 12 heteroatoms. The van der Waals surface area contributed by atoms with Crippen LogP contribution in [-0.4, -0.2) is 81.2 Å². The highest BCUT2D eigenvalue weighted by Gasteiger charge is 2.76. The number of fused-ring (bicyclic) bond motifs is 1. The largest absolute Gasteiger partial charge is 0.443 e. The van der Waals surface area contributed by atoms with Gasteiger partial charge in [0.2, 0.25) is 5.79 Å². The van der Waals surface area contributed by atoms with Crippen molar-refractivity contribution in [2.75, 3.05) is 20.1 Å². The van der Waals surface area contributed by atoms with Crippen LogP contribution in [0.2, 0.25) is 0 Å². The Morgan fingerprint density at radius 2 is 1.73 bits per heavy atom. The molecule has 40 heavy (non-hydrogen) atoms. The summed E-state index contributed by atoms with van der Waals surface area (Å²) < 4.78 is 5.55. The zero-order valence-electron chi connectivity index (χ0n) is 24.6. The lowest BCUT2D eigenvalue weighted by Crippen LogP contribution is -2.78. The third kappa shape index (κ3) is 6.19. The third-order valence-electron chi connectivity index (χ3n) is 9.75. The van der Waals surface area contributed by atoms with Crippen molar-refractivity contribution in [2.45, 2.75) is 90.6 Å². The first-order valence-corrected chi connectivity index (χ1v) is 13.7. The maximum Gasteiger partial charge on any atom is 0.443 e. The number of hydrogen-bond donors (Lipinski definition) is 4. The lowest BCUT2D eigenvalue weighted by atomic mass is 9.41. The smallest absolute Gasteiger partial charge is 0.414 e. The van der Waals surface area contributed by atoms with E-state index in [0.717, 1.165) is 13.1 Å². The quantitative estimate of drug-likeness (QED) is 0.204. The average Bonchev–Trinajstić information content (AvgIpc) is 2.84. The van der Waals surface area contributed by atoms with Crippen LogP contribution in [0.1, 0.15) is 73.1 Å². The van der Waals surface area contributed by atoms with Gasteiger partial charge in [0.15, 0.2) is 5.78 Å². The highest BCUT2D eigenvalue weighted by Crippen LogP contribution is 2.66. The number of amides is 1. The highest BCUT2D eigenvalue weighted by atomic mass is 35.5. The van der Waals surface area contributed by atoms with Crippen LogP contribution in [0.15, 0.2) is 12.7 Å². The number of allylic oxidation sites excluding steroid dienone is 1. The Bertz CT molecular complexity index is 941. The van der Waals surface area contributed by atoms with Crippen LogP contribution in [0.4, 0.5) is 4.79 Å². The summed E-state index contributed by atoms with van der Waals surface area (Å²) in [4.78, 5) is 46.2. The number of aliphatic hydroxyl groups is 3. The number of rotatable bonds is 6. The number of halogens is 1. The lowest BCUT2D eigenvalue weighted by Gasteiger charge is -2.67. The topological polar surface area (TPSA) is 177 Å². The van der Waals surface area contributed by atoms with Crippen molar-refractivity contribution in [1.82, 2.24) is 10.4 Å². The minimum absolute atomic E-state index is 0. The molecule has 0 aromatic rings. The number of nitrogens with one attached hydrogen (secondary N) is 1. The molecule has 6 N–H and O–H groups in total. The Kier molecular flexibility index (Phi) is 11.8. The summed E-state index contributed by atoms with van der Waals surface area (Å²) in [6.45, 7) is 14.0. The fraction of sp³-hybridized carbons (Fsp3) is 0.821. The van der Waals surface area contributed by atoms with Gasteiger partial charge in [-0.05, 0) is 70.0 Å². The second-order valence-electron chi connectivity index (χ2n) is 12.8. The lowest BCUT2D eigenvalue weighted by molar-refractivity contribution is -0.362. The van der Waals surface area contributed by atoms with E-state index < -0.39 is 58.0 Å². The molecule has 2 aliphatic carbocycles. The summed E-state index contributed by atoms with van der Waals surface area (Å²) >= 11 is 0. The molecule has 2 saturated carbocycles. The number of carbonyl (C=O) groups is 3. The molecular weight excluding hydrogens is 544 g/mol. The predicted octanol–water partition coefficient (Wildman–Crippen LogP) is 2.15. The Hall–Kier alpha value is -1.76. The maximum absolute atomic E-state index is 13.7. The van der Waals surface area contributed by atoms with Gasteiger partial charge >= 0.3 is 12.1 Å². The van der Waals surface area contributed by atoms with E-state index in [1.54, 1.807) is 19.9 Å². The van der Waals surface area contributed by atoms with E-state index in [4.69, 9.17) is 9.57 Å². The van der Waals surface area contributed by atoms with Gasteiger partial charge in [0, 0.05) is 18.8 Å². The zero-order valence-corrected chi connectivity index (χ0v) is 25.4. The van der Waals surface area contributed by atoms with Crippen molar-refractivity contribution in [1.29, 1.82) is 0 Å². The number of piperidine rings is 1. The second-order valence-corrected chi connectivity index (χ2v) is 12.8. The zero-order chi connectivity index (χ0) is 28.7. The van der Waals surface area contributed by atoms with Gasteiger partial charge < -0.3 is 35.3 Å². The summed E-state index contributed by atoms with van der Waals surface area (Å²) in [6.07, 6.45) is 1.01. The number of carbonyl (C=O) groups excluding carboxylic acids is 3. The molecule has 0 aromatic carbocycles. The molecule has 1 heterocycles. The minimum Gasteiger partial charge on any atom is -0.414 e. The maximum atomic E-state index is 13.7. The molecule has 3 aliphatic rings. The Morgan fingerprint density at radius 3 is 2.27 bits per heavy atom. The van der Waals surface area contributed by atoms with Gasteiger partial charge in [0.25, 0.3) is 0 Å². The van der Waals surface area contributed by atoms with E-state index in [2.05, 4.69) is 11.5 Å². The van der Waals surface area contributed by atoms with Gasteiger partial charge in [-0.3, -0.25) is 4.79 Å². The monoisotopic (exact) mass is 592 g/mol. The van der Waals surface area contributed by atoms with E-state index in [0.29, 0.717) is 19.3 Å². The Morgan fingerprint density at radius 1 is 1.15 bits per heavy atom. The first-order valence-electron chi connectivity index (χ1n) is 13.7. The van der Waals surface area contributed by atoms with E-state index in [1.165, 1.54) is 6.92 Å². The van der Waals surface area contributed by atoms with Gasteiger partial charge in [-0.15, -0.1) is 24.5 Å². The van der Waals surface area contributed by atoms with Crippen LogP contribution in [0.3, 0.4) is 0 Å². The van der Waals surface area contributed by atoms with Crippen molar-refractivity contribution in [3.63, 3.8) is 0 Å². The molecule has 7 atom stereocenters. The summed E-state index contributed by atoms with van der Waals surface area (Å²) in [6, 6.07) is 0. The Labute approximate surface area is 243 Å². The van der Waals surface area contributed by atoms with E-state index >= 15 is 0 Å². The molecule has 0 aromatic heterocycles. The van der Waals surface area contributed by atoms with Gasteiger partial charge in [0.1, 0.15) is 5.60 Å². The summed E-state index contributed by atoms with van der Waals surface area (Å²) in [5.74, 6) is -5.57. The molecule has 232 valence electrons. The first kappa shape index (κ1) is 36.3. The minimum atomic E-state index is -2.34. The second kappa shape index (κ2) is 13.0. The number of aliphatic hydroxyl groups excluding tert-OH is 1. The van der Waals surface area contributed by atoms with E-state index in [9.17, 15) is 29.7 Å². The van der Waals surface area contributed by atoms with Gasteiger partial charge in [-0.25, -0.2) is 9.59 Å². The molecule has 1 aliphatic heterocycles. The number of ketones is 1. The van der Waals surface area contributed by atoms with E-state index in [1.807, 2.05) is 26.4 Å². The average molecular weight is 593 g/mol. The molecule has 0 radical (unpaired) electrons. The molecule has 0 bridgehead atoms. The van der Waals surface area contributed by atoms with Crippen LogP contribution >= 0.6 is 12.4 Å². The van der Waals surface area contributed by atoms with Crippen LogP contribution in [0.5, 0.6) is 0 Å². The molecule has 11 nitrogen and oxygen atoms in total. The SMILES string of the molecule is C=C[C@@H](C)CC(=O)[C@]1(O)[C@@H](C)C[C@H](O)[C@H]2C(C)(C)CC[C@](O)(OC(=O)NOC(=O)C3CCN(C)CC3)[C@@]21C.Cl.O. The highest BCUT2D eigenvalue weighted by molar-refractivity contribution is 5.89. The molecule has 3 fully saturated rings. The van der Waals surface area contributed by atoms with Crippen molar-refractivity contribution in [2.24, 2.45) is 34.5 Å². The normalized spacial score (nSPS) is 36.5. The number of nitrogens with zero attached hydrogens (tertiary/aromatic N) is 1. The van der Waals surface area contributed by atoms with Crippen molar-refractivity contribution in [3.05, 3.63) is 12.7 Å². The first-order chi connectivity index (χ1) is 17.5.